The van der Waals surface area contributed by atoms with Gasteiger partial charge in [-0.3, -0.25) is 4.79 Å². The molecule has 0 saturated carbocycles. The normalized spacial score (nSPS) is 23.0. The summed E-state index contributed by atoms with van der Waals surface area (Å²) < 4.78 is 0. The molecule has 124 valence electrons. The van der Waals surface area contributed by atoms with Gasteiger partial charge in [0.2, 0.25) is 5.91 Å². The maximum atomic E-state index is 13.1. The van der Waals surface area contributed by atoms with Gasteiger partial charge < -0.3 is 10.2 Å². The molecule has 2 heterocycles. The van der Waals surface area contributed by atoms with Crippen LogP contribution in [0.2, 0.25) is 0 Å². The van der Waals surface area contributed by atoms with Crippen molar-refractivity contribution in [3.05, 3.63) is 35.4 Å². The summed E-state index contributed by atoms with van der Waals surface area (Å²) in [5.74, 6) is 0.551. The van der Waals surface area contributed by atoms with Crippen LogP contribution in [0.15, 0.2) is 24.3 Å². The highest BCUT2D eigenvalue weighted by Gasteiger charge is 2.54. The van der Waals surface area contributed by atoms with E-state index >= 15 is 0 Å². The van der Waals surface area contributed by atoms with Gasteiger partial charge in [0.15, 0.2) is 0 Å². The molecular formula is C18H24ClN3O. The number of carbonyl (C=O) groups excluding carboxylic acids is 1. The maximum absolute atomic E-state index is 13.1. The number of nitriles is 1. The minimum atomic E-state index is -0.260. The van der Waals surface area contributed by atoms with E-state index in [1.165, 1.54) is 5.56 Å². The Bertz CT molecular complexity index is 600. The Morgan fingerprint density at radius 3 is 2.39 bits per heavy atom. The summed E-state index contributed by atoms with van der Waals surface area (Å²) in [5.41, 5.74) is 1.61. The van der Waals surface area contributed by atoms with Crippen LogP contribution in [0.5, 0.6) is 0 Å². The number of piperidine rings is 1. The van der Waals surface area contributed by atoms with E-state index in [9.17, 15) is 4.79 Å². The third-order valence-corrected chi connectivity index (χ3v) is 5.29. The standard InChI is InChI=1S/C18H23N3O.ClH/c1-13(2)21-12-16(15-5-3-14(11-19)4-6-15)18(17(21)22)7-9-20-10-8-18;/h3-6,13,16,20H,7-10,12H2,1-2H3;1H. The van der Waals surface area contributed by atoms with Crippen molar-refractivity contribution in [3.8, 4) is 6.07 Å². The third-order valence-electron chi connectivity index (χ3n) is 5.29. The number of hydrogen-bond acceptors (Lipinski definition) is 3. The molecule has 1 aromatic rings. The lowest BCUT2D eigenvalue weighted by Gasteiger charge is -2.37. The highest BCUT2D eigenvalue weighted by Crippen LogP contribution is 2.50. The van der Waals surface area contributed by atoms with Crippen LogP contribution < -0.4 is 5.32 Å². The van der Waals surface area contributed by atoms with Gasteiger partial charge >= 0.3 is 0 Å². The van der Waals surface area contributed by atoms with Crippen LogP contribution in [0.3, 0.4) is 0 Å². The second-order valence-electron chi connectivity index (χ2n) is 6.74. The number of hydrogen-bond donors (Lipinski definition) is 1. The molecule has 0 bridgehead atoms. The first-order valence-electron chi connectivity index (χ1n) is 8.10. The lowest BCUT2D eigenvalue weighted by Crippen LogP contribution is -2.45. The minimum Gasteiger partial charge on any atom is -0.339 e. The molecule has 2 aliphatic rings. The van der Waals surface area contributed by atoms with Gasteiger partial charge in [0.25, 0.3) is 0 Å². The summed E-state index contributed by atoms with van der Waals surface area (Å²) in [6, 6.07) is 10.2. The zero-order valence-electron chi connectivity index (χ0n) is 13.7. The Hall–Kier alpha value is -1.57. The first-order chi connectivity index (χ1) is 10.6. The first-order valence-corrected chi connectivity index (χ1v) is 8.10. The van der Waals surface area contributed by atoms with Crippen LogP contribution in [-0.4, -0.2) is 36.5 Å². The second-order valence-corrected chi connectivity index (χ2v) is 6.74. The van der Waals surface area contributed by atoms with Crippen molar-refractivity contribution in [2.24, 2.45) is 5.41 Å². The molecular weight excluding hydrogens is 310 g/mol. The Morgan fingerprint density at radius 2 is 1.87 bits per heavy atom. The number of rotatable bonds is 2. The van der Waals surface area contributed by atoms with Crippen molar-refractivity contribution in [2.75, 3.05) is 19.6 Å². The Morgan fingerprint density at radius 1 is 1.26 bits per heavy atom. The van der Waals surface area contributed by atoms with Gasteiger partial charge in [-0.25, -0.2) is 0 Å². The molecule has 2 fully saturated rings. The summed E-state index contributed by atoms with van der Waals surface area (Å²) in [4.78, 5) is 15.1. The average Bonchev–Trinajstić information content (AvgIpc) is 2.82. The topological polar surface area (TPSA) is 56.1 Å². The van der Waals surface area contributed by atoms with E-state index in [1.807, 2.05) is 29.2 Å². The number of benzene rings is 1. The number of halogens is 1. The van der Waals surface area contributed by atoms with Gasteiger partial charge in [0.1, 0.15) is 0 Å². The fourth-order valence-electron chi connectivity index (χ4n) is 3.98. The summed E-state index contributed by atoms with van der Waals surface area (Å²) in [5, 5.41) is 12.3. The molecule has 1 aromatic carbocycles. The van der Waals surface area contributed by atoms with Crippen molar-refractivity contribution >= 4 is 18.3 Å². The highest BCUT2D eigenvalue weighted by molar-refractivity contribution is 5.87. The molecule has 1 N–H and O–H groups in total. The zero-order valence-corrected chi connectivity index (χ0v) is 14.5. The lowest BCUT2D eigenvalue weighted by atomic mass is 9.68. The SMILES string of the molecule is CC(C)N1CC(c2ccc(C#N)cc2)C2(CCNCC2)C1=O.Cl. The van der Waals surface area contributed by atoms with E-state index in [0.717, 1.165) is 32.5 Å². The molecule has 2 aliphatic heterocycles. The fraction of sp³-hybridized carbons (Fsp3) is 0.556. The number of carbonyl (C=O) groups is 1. The van der Waals surface area contributed by atoms with Gasteiger partial charge in [-0.1, -0.05) is 12.1 Å². The molecule has 23 heavy (non-hydrogen) atoms. The Kier molecular flexibility index (Phi) is 5.33. The summed E-state index contributed by atoms with van der Waals surface area (Å²) >= 11 is 0. The van der Waals surface area contributed by atoms with Gasteiger partial charge in [0.05, 0.1) is 17.0 Å². The molecule has 1 amide bonds. The largest absolute Gasteiger partial charge is 0.339 e. The van der Waals surface area contributed by atoms with E-state index in [4.69, 9.17) is 5.26 Å². The molecule has 0 aliphatic carbocycles. The maximum Gasteiger partial charge on any atom is 0.229 e. The molecule has 5 heteroatoms. The Labute approximate surface area is 144 Å². The quantitative estimate of drug-likeness (QED) is 0.905. The first kappa shape index (κ1) is 17.8. The molecule has 1 spiro atoms. The number of amides is 1. The van der Waals surface area contributed by atoms with Crippen LogP contribution in [0.4, 0.5) is 0 Å². The summed E-state index contributed by atoms with van der Waals surface area (Å²) in [7, 11) is 0. The zero-order chi connectivity index (χ0) is 15.7. The lowest BCUT2D eigenvalue weighted by molar-refractivity contribution is -0.139. The van der Waals surface area contributed by atoms with Crippen molar-refractivity contribution in [3.63, 3.8) is 0 Å². The molecule has 3 rings (SSSR count). The van der Waals surface area contributed by atoms with Crippen LogP contribution in [0.25, 0.3) is 0 Å². The van der Waals surface area contributed by atoms with E-state index in [0.29, 0.717) is 11.5 Å². The molecule has 0 aromatic heterocycles. The van der Waals surface area contributed by atoms with Crippen LogP contribution >= 0.6 is 12.4 Å². The van der Waals surface area contributed by atoms with E-state index in [2.05, 4.69) is 25.2 Å². The molecule has 4 nitrogen and oxygen atoms in total. The number of likely N-dealkylation sites (tertiary alicyclic amines) is 1. The summed E-state index contributed by atoms with van der Waals surface area (Å²) in [6.45, 7) is 6.79. The van der Waals surface area contributed by atoms with Gasteiger partial charge in [-0.05, 0) is 57.5 Å². The van der Waals surface area contributed by atoms with E-state index < -0.39 is 0 Å². The second kappa shape index (κ2) is 6.90. The van der Waals surface area contributed by atoms with Crippen LogP contribution in [-0.2, 0) is 4.79 Å². The molecule has 2 saturated heterocycles. The molecule has 1 atom stereocenters. The van der Waals surface area contributed by atoms with Crippen LogP contribution in [0.1, 0.15) is 43.7 Å². The smallest absolute Gasteiger partial charge is 0.229 e. The van der Waals surface area contributed by atoms with Gasteiger partial charge in [0, 0.05) is 18.5 Å². The number of nitrogens with zero attached hydrogens (tertiary/aromatic N) is 2. The monoisotopic (exact) mass is 333 g/mol. The van der Waals surface area contributed by atoms with Crippen LogP contribution in [0, 0.1) is 16.7 Å². The molecule has 1 unspecified atom stereocenters. The predicted octanol–water partition coefficient (Wildman–Crippen LogP) is 2.68. The average molecular weight is 334 g/mol. The van der Waals surface area contributed by atoms with Crippen molar-refractivity contribution in [2.45, 2.75) is 38.6 Å². The number of nitrogens with one attached hydrogen (secondary N) is 1. The van der Waals surface area contributed by atoms with Gasteiger partial charge in [-0.15, -0.1) is 12.4 Å². The summed E-state index contributed by atoms with van der Waals surface area (Å²) in [6.07, 6.45) is 1.81. The predicted molar refractivity (Wildman–Crippen MR) is 92.5 cm³/mol. The Balaban J connectivity index is 0.00000192. The minimum absolute atomic E-state index is 0. The van der Waals surface area contributed by atoms with Gasteiger partial charge in [-0.2, -0.15) is 5.26 Å². The van der Waals surface area contributed by atoms with Crippen molar-refractivity contribution < 1.29 is 4.79 Å². The van der Waals surface area contributed by atoms with E-state index in [-0.39, 0.29) is 29.8 Å². The third kappa shape index (κ3) is 2.96. The van der Waals surface area contributed by atoms with E-state index in [1.54, 1.807) is 0 Å². The van der Waals surface area contributed by atoms with Crippen molar-refractivity contribution in [1.82, 2.24) is 10.2 Å². The highest BCUT2D eigenvalue weighted by atomic mass is 35.5. The fourth-order valence-corrected chi connectivity index (χ4v) is 3.98. The molecule has 0 radical (unpaired) electrons. The van der Waals surface area contributed by atoms with Crippen molar-refractivity contribution in [1.29, 1.82) is 5.26 Å².